The highest BCUT2D eigenvalue weighted by Crippen LogP contribution is 2.41. The number of hydrogen-bond donors (Lipinski definition) is 2. The monoisotopic (exact) mass is 375 g/mol. The predicted molar refractivity (Wildman–Crippen MR) is 106 cm³/mol. The highest BCUT2D eigenvalue weighted by molar-refractivity contribution is 6.05. The lowest BCUT2D eigenvalue weighted by Crippen LogP contribution is -2.33. The van der Waals surface area contributed by atoms with Gasteiger partial charge >= 0.3 is 0 Å². The summed E-state index contributed by atoms with van der Waals surface area (Å²) >= 11 is 0. The molecule has 1 aliphatic carbocycles. The van der Waals surface area contributed by atoms with Crippen molar-refractivity contribution in [2.75, 3.05) is 5.32 Å². The van der Waals surface area contributed by atoms with Crippen molar-refractivity contribution in [3.8, 4) is 0 Å². The smallest absolute Gasteiger partial charge is 0.249 e. The summed E-state index contributed by atoms with van der Waals surface area (Å²) in [6, 6.07) is 8.09. The maximum atomic E-state index is 10.5. The number of nitrogens with one attached hydrogen (secondary N) is 1. The summed E-state index contributed by atoms with van der Waals surface area (Å²) in [5.41, 5.74) is 5.13. The van der Waals surface area contributed by atoms with E-state index in [1.54, 1.807) is 0 Å². The molecule has 5 rings (SSSR count). The summed E-state index contributed by atoms with van der Waals surface area (Å²) in [6.07, 6.45) is 4.31. The quantitative estimate of drug-likeness (QED) is 0.560. The van der Waals surface area contributed by atoms with Crippen molar-refractivity contribution in [1.82, 2.24) is 20.2 Å². The first-order valence-corrected chi connectivity index (χ1v) is 9.48. The maximum absolute atomic E-state index is 10.5. The second-order valence-electron chi connectivity index (χ2n) is 7.53. The third kappa shape index (κ3) is 2.62. The number of hydrogen-bond acceptors (Lipinski definition) is 7. The van der Waals surface area contributed by atoms with Gasteiger partial charge in [0.25, 0.3) is 0 Å². The molecule has 4 aromatic rings. The van der Waals surface area contributed by atoms with Crippen LogP contribution in [0.15, 0.2) is 35.0 Å². The van der Waals surface area contributed by atoms with Gasteiger partial charge in [0.1, 0.15) is 11.8 Å². The normalized spacial score (nSPS) is 15.7. The summed E-state index contributed by atoms with van der Waals surface area (Å²) < 4.78 is 5.90. The number of benzene rings is 1. The van der Waals surface area contributed by atoms with Gasteiger partial charge in [0.05, 0.1) is 16.7 Å². The second-order valence-corrected chi connectivity index (χ2v) is 7.53. The fraction of sp³-hybridized carbons (Fsp3) is 0.333. The maximum Gasteiger partial charge on any atom is 0.249 e. The van der Waals surface area contributed by atoms with Crippen molar-refractivity contribution in [3.63, 3.8) is 0 Å². The minimum atomic E-state index is -0.629. The van der Waals surface area contributed by atoms with Crippen molar-refractivity contribution >= 4 is 28.0 Å². The highest BCUT2D eigenvalue weighted by atomic mass is 16.3. The Balaban J connectivity index is 1.43. The molecule has 3 heterocycles. The number of furan rings is 1. The molecule has 28 heavy (non-hydrogen) atoms. The minimum Gasteiger partial charge on any atom is -0.431 e. The molecule has 0 unspecified atom stereocenters. The Hall–Kier alpha value is -3.06. The van der Waals surface area contributed by atoms with Gasteiger partial charge in [-0.3, -0.25) is 0 Å². The van der Waals surface area contributed by atoms with Gasteiger partial charge in [0.2, 0.25) is 5.71 Å². The van der Waals surface area contributed by atoms with Crippen LogP contribution in [-0.2, 0) is 12.1 Å². The van der Waals surface area contributed by atoms with E-state index in [0.717, 1.165) is 52.5 Å². The zero-order valence-corrected chi connectivity index (χ0v) is 15.9. The fourth-order valence-corrected chi connectivity index (χ4v) is 3.73. The SMILES string of the molecule is Cc1nnc2oc3c(NCc4ccc(C5(O)CCC5)cc4)ncnc3c2c1C. The molecule has 1 aliphatic rings. The average Bonchev–Trinajstić information content (AvgIpc) is 3.07. The van der Waals surface area contributed by atoms with Gasteiger partial charge < -0.3 is 14.8 Å². The zero-order chi connectivity index (χ0) is 19.3. The molecule has 3 aromatic heterocycles. The Bertz CT molecular complexity index is 1180. The summed E-state index contributed by atoms with van der Waals surface area (Å²) in [4.78, 5) is 8.75. The van der Waals surface area contributed by atoms with Crippen LogP contribution in [0.25, 0.3) is 22.2 Å². The van der Waals surface area contributed by atoms with Crippen LogP contribution in [0.3, 0.4) is 0 Å². The van der Waals surface area contributed by atoms with Gasteiger partial charge in [-0.15, -0.1) is 5.10 Å². The third-order valence-electron chi connectivity index (χ3n) is 5.79. The Kier molecular flexibility index (Phi) is 3.80. The van der Waals surface area contributed by atoms with E-state index in [-0.39, 0.29) is 0 Å². The molecule has 1 fully saturated rings. The van der Waals surface area contributed by atoms with Crippen LogP contribution in [0.1, 0.15) is 41.6 Å². The Morgan fingerprint density at radius 3 is 2.61 bits per heavy atom. The molecular formula is C21H21N5O2. The van der Waals surface area contributed by atoms with E-state index in [1.165, 1.54) is 6.33 Å². The zero-order valence-electron chi connectivity index (χ0n) is 15.9. The Labute approximate surface area is 161 Å². The van der Waals surface area contributed by atoms with Crippen LogP contribution >= 0.6 is 0 Å². The van der Waals surface area contributed by atoms with E-state index in [9.17, 15) is 5.11 Å². The van der Waals surface area contributed by atoms with Crippen molar-refractivity contribution in [2.45, 2.75) is 45.3 Å². The van der Waals surface area contributed by atoms with Crippen LogP contribution < -0.4 is 5.32 Å². The van der Waals surface area contributed by atoms with E-state index < -0.39 is 5.60 Å². The lowest BCUT2D eigenvalue weighted by atomic mass is 9.75. The van der Waals surface area contributed by atoms with Crippen molar-refractivity contribution in [3.05, 3.63) is 53.0 Å². The lowest BCUT2D eigenvalue weighted by molar-refractivity contribution is -0.0388. The molecule has 0 atom stereocenters. The van der Waals surface area contributed by atoms with E-state index in [0.29, 0.717) is 23.7 Å². The standard InChI is InChI=1S/C21H21N5O2/c1-12-13(2)25-26-20-16(12)17-18(28-20)19(24-11-23-17)22-10-14-4-6-15(7-5-14)21(27)8-3-9-21/h4-7,11,27H,3,8-10H2,1-2H3,(H,22,23,24). The van der Waals surface area contributed by atoms with Crippen LogP contribution in [0.2, 0.25) is 0 Å². The van der Waals surface area contributed by atoms with Gasteiger partial charge in [-0.25, -0.2) is 9.97 Å². The summed E-state index contributed by atoms with van der Waals surface area (Å²) in [7, 11) is 0. The highest BCUT2D eigenvalue weighted by Gasteiger charge is 2.35. The number of aromatic nitrogens is 4. The van der Waals surface area contributed by atoms with E-state index in [1.807, 2.05) is 38.1 Å². The second kappa shape index (κ2) is 6.24. The number of nitrogens with zero attached hydrogens (tertiary/aromatic N) is 4. The van der Waals surface area contributed by atoms with E-state index >= 15 is 0 Å². The molecule has 7 nitrogen and oxygen atoms in total. The van der Waals surface area contributed by atoms with Crippen molar-refractivity contribution in [2.24, 2.45) is 0 Å². The number of fused-ring (bicyclic) bond motifs is 3. The molecule has 142 valence electrons. The Morgan fingerprint density at radius 1 is 1.11 bits per heavy atom. The van der Waals surface area contributed by atoms with E-state index in [4.69, 9.17) is 4.42 Å². The number of aryl methyl sites for hydroxylation is 2. The molecule has 7 heteroatoms. The number of aliphatic hydroxyl groups is 1. The summed E-state index contributed by atoms with van der Waals surface area (Å²) in [6.45, 7) is 4.50. The van der Waals surface area contributed by atoms with Crippen LogP contribution in [-0.4, -0.2) is 25.3 Å². The van der Waals surface area contributed by atoms with Crippen molar-refractivity contribution < 1.29 is 9.52 Å². The van der Waals surface area contributed by atoms with Crippen LogP contribution in [0.5, 0.6) is 0 Å². The lowest BCUT2D eigenvalue weighted by Gasteiger charge is -2.37. The van der Waals surface area contributed by atoms with Gasteiger partial charge in [0, 0.05) is 6.54 Å². The Morgan fingerprint density at radius 2 is 1.89 bits per heavy atom. The van der Waals surface area contributed by atoms with Gasteiger partial charge in [0.15, 0.2) is 11.4 Å². The van der Waals surface area contributed by atoms with Crippen LogP contribution in [0.4, 0.5) is 5.82 Å². The molecular weight excluding hydrogens is 354 g/mol. The van der Waals surface area contributed by atoms with Crippen LogP contribution in [0, 0.1) is 13.8 Å². The largest absolute Gasteiger partial charge is 0.431 e. The van der Waals surface area contributed by atoms with Gasteiger partial charge in [-0.2, -0.15) is 5.10 Å². The summed E-state index contributed by atoms with van der Waals surface area (Å²) in [5.74, 6) is 0.627. The first kappa shape index (κ1) is 17.1. The topological polar surface area (TPSA) is 97.0 Å². The predicted octanol–water partition coefficient (Wildman–Crippen LogP) is 3.77. The first-order valence-electron chi connectivity index (χ1n) is 9.48. The fourth-order valence-electron chi connectivity index (χ4n) is 3.73. The first-order chi connectivity index (χ1) is 13.5. The molecule has 0 aliphatic heterocycles. The average molecular weight is 375 g/mol. The molecule has 1 aromatic carbocycles. The summed E-state index contributed by atoms with van der Waals surface area (Å²) in [5, 5.41) is 22.9. The van der Waals surface area contributed by atoms with Gasteiger partial charge in [-0.05, 0) is 49.8 Å². The molecule has 0 amide bonds. The molecule has 0 radical (unpaired) electrons. The molecule has 2 N–H and O–H groups in total. The molecule has 0 bridgehead atoms. The van der Waals surface area contributed by atoms with Crippen molar-refractivity contribution in [1.29, 1.82) is 0 Å². The van der Waals surface area contributed by atoms with E-state index in [2.05, 4.69) is 25.5 Å². The molecule has 1 saturated carbocycles. The number of rotatable bonds is 4. The molecule has 0 spiro atoms. The number of anilines is 1. The minimum absolute atomic E-state index is 0.472. The van der Waals surface area contributed by atoms with Gasteiger partial charge in [-0.1, -0.05) is 24.3 Å². The third-order valence-corrected chi connectivity index (χ3v) is 5.79. The molecule has 0 saturated heterocycles.